The molecule has 0 aromatic heterocycles. The molecule has 0 saturated carbocycles. The molecule has 0 bridgehead atoms. The van der Waals surface area contributed by atoms with E-state index in [2.05, 4.69) is 118 Å². The minimum atomic E-state index is -0.782. The first-order valence-electron chi connectivity index (χ1n) is 26.2. The highest BCUT2D eigenvalue weighted by atomic mass is 16.6. The molecule has 6 heteroatoms. The molecule has 0 aliphatic heterocycles. The van der Waals surface area contributed by atoms with E-state index in [1.807, 2.05) is 0 Å². The number of esters is 3. The predicted octanol–water partition coefficient (Wildman–Crippen LogP) is 17.4. The lowest BCUT2D eigenvalue weighted by Gasteiger charge is -2.18. The summed E-state index contributed by atoms with van der Waals surface area (Å²) in [4.78, 5) is 37.7. The number of unbranched alkanes of at least 4 members (excludes halogenated alkanes) is 19. The van der Waals surface area contributed by atoms with E-state index >= 15 is 0 Å². The Bertz CT molecular complexity index is 1300. The molecule has 6 nitrogen and oxygen atoms in total. The van der Waals surface area contributed by atoms with Gasteiger partial charge in [0.2, 0.25) is 0 Å². The SMILES string of the molecule is CC/C=C\C/C=C\C/C=C\C/C=C\C/C=C\C/C=C\C/C=C\C/C=C\CCCCCCC(=O)OCC(COC(=O)CCCCCCCC)OC(=O)CCCCCCCCCCCCC. The third-order valence-electron chi connectivity index (χ3n) is 10.9. The highest BCUT2D eigenvalue weighted by Crippen LogP contribution is 2.14. The minimum Gasteiger partial charge on any atom is -0.462 e. The van der Waals surface area contributed by atoms with E-state index in [4.69, 9.17) is 14.2 Å². The lowest BCUT2D eigenvalue weighted by Crippen LogP contribution is -2.30. The summed E-state index contributed by atoms with van der Waals surface area (Å²) in [7, 11) is 0. The fourth-order valence-corrected chi connectivity index (χ4v) is 6.93. The summed E-state index contributed by atoms with van der Waals surface area (Å²) in [6, 6.07) is 0. The maximum absolute atomic E-state index is 12.7. The van der Waals surface area contributed by atoms with Crippen LogP contribution in [0.5, 0.6) is 0 Å². The summed E-state index contributed by atoms with van der Waals surface area (Å²) in [6.45, 7) is 6.42. The summed E-state index contributed by atoms with van der Waals surface area (Å²) in [5.41, 5.74) is 0. The van der Waals surface area contributed by atoms with Crippen molar-refractivity contribution in [3.8, 4) is 0 Å². The molecule has 0 spiro atoms. The van der Waals surface area contributed by atoms with Crippen LogP contribution in [-0.2, 0) is 28.6 Å². The van der Waals surface area contributed by atoms with Gasteiger partial charge in [-0.1, -0.05) is 227 Å². The number of hydrogen-bond acceptors (Lipinski definition) is 6. The Balaban J connectivity index is 4.18. The van der Waals surface area contributed by atoms with Crippen LogP contribution in [0.4, 0.5) is 0 Å². The molecule has 0 fully saturated rings. The molecule has 0 rings (SSSR count). The second kappa shape index (κ2) is 52.0. The zero-order chi connectivity index (χ0) is 46.5. The fourth-order valence-electron chi connectivity index (χ4n) is 6.93. The molecule has 0 heterocycles. The Morgan fingerprint density at radius 1 is 0.328 bits per heavy atom. The smallest absolute Gasteiger partial charge is 0.306 e. The van der Waals surface area contributed by atoms with E-state index in [1.54, 1.807) is 0 Å². The molecule has 0 radical (unpaired) electrons. The highest BCUT2D eigenvalue weighted by molar-refractivity contribution is 5.71. The maximum Gasteiger partial charge on any atom is 0.306 e. The molecular weight excluding hydrogens is 793 g/mol. The summed E-state index contributed by atoms with van der Waals surface area (Å²) in [6.07, 6.45) is 68.5. The van der Waals surface area contributed by atoms with Gasteiger partial charge in [0.15, 0.2) is 6.10 Å². The zero-order valence-corrected chi connectivity index (χ0v) is 41.5. The lowest BCUT2D eigenvalue weighted by molar-refractivity contribution is -0.167. The van der Waals surface area contributed by atoms with E-state index in [0.29, 0.717) is 19.3 Å². The number of ether oxygens (including phenoxy) is 3. The third kappa shape index (κ3) is 49.3. The predicted molar refractivity (Wildman–Crippen MR) is 274 cm³/mol. The van der Waals surface area contributed by atoms with Crippen LogP contribution in [0.3, 0.4) is 0 Å². The number of hydrogen-bond donors (Lipinski definition) is 0. The summed E-state index contributed by atoms with van der Waals surface area (Å²) in [5, 5.41) is 0. The van der Waals surface area contributed by atoms with Crippen molar-refractivity contribution in [2.45, 2.75) is 239 Å². The van der Waals surface area contributed by atoms with Crippen molar-refractivity contribution < 1.29 is 28.6 Å². The van der Waals surface area contributed by atoms with Crippen LogP contribution in [-0.4, -0.2) is 37.2 Å². The van der Waals surface area contributed by atoms with Crippen molar-refractivity contribution in [2.24, 2.45) is 0 Å². The molecule has 0 aromatic carbocycles. The average molecular weight is 889 g/mol. The number of rotatable bonds is 46. The van der Waals surface area contributed by atoms with Crippen molar-refractivity contribution >= 4 is 17.9 Å². The van der Waals surface area contributed by atoms with Crippen molar-refractivity contribution in [3.05, 3.63) is 97.2 Å². The van der Waals surface area contributed by atoms with Crippen LogP contribution in [0.25, 0.3) is 0 Å². The Kier molecular flexibility index (Phi) is 49.0. The molecule has 1 unspecified atom stereocenters. The molecule has 0 aliphatic rings. The maximum atomic E-state index is 12.7. The van der Waals surface area contributed by atoms with Crippen LogP contribution in [0.2, 0.25) is 0 Å². The van der Waals surface area contributed by atoms with Gasteiger partial charge in [0, 0.05) is 19.3 Å². The van der Waals surface area contributed by atoms with Crippen LogP contribution in [0, 0.1) is 0 Å². The topological polar surface area (TPSA) is 78.9 Å². The lowest BCUT2D eigenvalue weighted by atomic mass is 10.1. The molecule has 0 aromatic rings. The standard InChI is InChI=1S/C58H96O6/c1-4-7-10-13-16-18-20-21-22-23-24-25-26-27-28-29-30-31-32-33-34-35-36-37-39-40-42-45-48-51-57(60)63-54-55(53-62-56(59)50-47-44-15-12-9-6-3)64-58(61)52-49-46-43-41-38-19-17-14-11-8-5-2/h7,10,16,18,21-22,24-25,27-28,30-31,33-34,36-37,55H,4-6,8-9,11-15,17,19-20,23,26,29,32,35,38-54H2,1-3H3/b10-7-,18-16-,22-21-,25-24-,28-27-,31-30-,34-33-,37-36-. The quantitative estimate of drug-likeness (QED) is 0.0262. The molecular formula is C58H96O6. The summed E-state index contributed by atoms with van der Waals surface area (Å²) in [5.74, 6) is -0.924. The van der Waals surface area contributed by atoms with Crippen molar-refractivity contribution in [1.29, 1.82) is 0 Å². The summed E-state index contributed by atoms with van der Waals surface area (Å²) >= 11 is 0. The number of allylic oxidation sites excluding steroid dienone is 16. The van der Waals surface area contributed by atoms with E-state index in [9.17, 15) is 14.4 Å². The van der Waals surface area contributed by atoms with Crippen LogP contribution in [0.15, 0.2) is 97.2 Å². The Labute approximate surface area is 394 Å². The van der Waals surface area contributed by atoms with Gasteiger partial charge in [-0.2, -0.15) is 0 Å². The van der Waals surface area contributed by atoms with Gasteiger partial charge in [-0.3, -0.25) is 14.4 Å². The first kappa shape index (κ1) is 60.3. The van der Waals surface area contributed by atoms with Gasteiger partial charge in [-0.25, -0.2) is 0 Å². The Hall–Kier alpha value is -3.67. The molecule has 1 atom stereocenters. The summed E-state index contributed by atoms with van der Waals surface area (Å²) < 4.78 is 16.6. The van der Waals surface area contributed by atoms with Crippen molar-refractivity contribution in [2.75, 3.05) is 13.2 Å². The van der Waals surface area contributed by atoms with Crippen LogP contribution in [0.1, 0.15) is 233 Å². The van der Waals surface area contributed by atoms with E-state index in [-0.39, 0.29) is 31.1 Å². The van der Waals surface area contributed by atoms with Gasteiger partial charge >= 0.3 is 17.9 Å². The highest BCUT2D eigenvalue weighted by Gasteiger charge is 2.19. The Morgan fingerprint density at radius 3 is 0.953 bits per heavy atom. The molecule has 64 heavy (non-hydrogen) atoms. The van der Waals surface area contributed by atoms with E-state index < -0.39 is 6.10 Å². The number of carbonyl (C=O) groups is 3. The third-order valence-corrected chi connectivity index (χ3v) is 10.9. The van der Waals surface area contributed by atoms with Crippen molar-refractivity contribution in [3.63, 3.8) is 0 Å². The van der Waals surface area contributed by atoms with Gasteiger partial charge < -0.3 is 14.2 Å². The monoisotopic (exact) mass is 889 g/mol. The van der Waals surface area contributed by atoms with Crippen LogP contribution >= 0.6 is 0 Å². The molecule has 0 saturated heterocycles. The second-order valence-corrected chi connectivity index (χ2v) is 17.1. The molecule has 0 N–H and O–H groups in total. The largest absolute Gasteiger partial charge is 0.462 e. The first-order chi connectivity index (χ1) is 31.5. The Morgan fingerprint density at radius 2 is 0.609 bits per heavy atom. The molecule has 0 amide bonds. The van der Waals surface area contributed by atoms with Gasteiger partial charge in [0.05, 0.1) is 0 Å². The normalized spacial score (nSPS) is 12.9. The first-order valence-corrected chi connectivity index (χ1v) is 26.2. The minimum absolute atomic E-state index is 0.0846. The number of carbonyl (C=O) groups excluding carboxylic acids is 3. The molecule has 364 valence electrons. The second-order valence-electron chi connectivity index (χ2n) is 17.1. The van der Waals surface area contributed by atoms with E-state index in [0.717, 1.165) is 122 Å². The van der Waals surface area contributed by atoms with Gasteiger partial charge in [0.1, 0.15) is 13.2 Å². The van der Waals surface area contributed by atoms with Gasteiger partial charge in [-0.05, 0) is 83.5 Å². The zero-order valence-electron chi connectivity index (χ0n) is 41.5. The van der Waals surface area contributed by atoms with E-state index in [1.165, 1.54) is 70.6 Å². The average Bonchev–Trinajstić information content (AvgIpc) is 3.29. The van der Waals surface area contributed by atoms with Crippen LogP contribution < -0.4 is 0 Å². The van der Waals surface area contributed by atoms with Gasteiger partial charge in [0.25, 0.3) is 0 Å². The van der Waals surface area contributed by atoms with Gasteiger partial charge in [-0.15, -0.1) is 0 Å². The fraction of sp³-hybridized carbons (Fsp3) is 0.672. The molecule has 0 aliphatic carbocycles. The van der Waals surface area contributed by atoms with Crippen molar-refractivity contribution in [1.82, 2.24) is 0 Å².